The highest BCUT2D eigenvalue weighted by Gasteiger charge is 2.21. The van der Waals surface area contributed by atoms with Gasteiger partial charge in [-0.2, -0.15) is 0 Å². The summed E-state index contributed by atoms with van der Waals surface area (Å²) in [6, 6.07) is -0.343. The number of carbonyl (C=O) groups excluding carboxylic acids is 1. The van der Waals surface area contributed by atoms with Crippen molar-refractivity contribution in [1.82, 2.24) is 14.9 Å². The van der Waals surface area contributed by atoms with Crippen LogP contribution in [0.25, 0.3) is 0 Å². The minimum Gasteiger partial charge on any atom is -0.444 e. The maximum absolute atomic E-state index is 11.6. The summed E-state index contributed by atoms with van der Waals surface area (Å²) in [5.74, 6) is 0.707. The van der Waals surface area contributed by atoms with E-state index in [0.29, 0.717) is 5.82 Å². The molecular weight excluding hydrogens is 220 g/mol. The number of aromatic nitrogens is 2. The normalized spacial score (nSPS) is 13.2. The van der Waals surface area contributed by atoms with Gasteiger partial charge < -0.3 is 20.4 Å². The van der Waals surface area contributed by atoms with Crippen LogP contribution in [0.2, 0.25) is 0 Å². The number of nitrogens with one attached hydrogen (secondary N) is 1. The van der Waals surface area contributed by atoms with Crippen molar-refractivity contribution in [3.8, 4) is 0 Å². The molecule has 0 aromatic carbocycles. The fraction of sp³-hybridized carbons (Fsp3) is 0.636. The highest BCUT2D eigenvalue weighted by atomic mass is 16.6. The quantitative estimate of drug-likeness (QED) is 0.824. The van der Waals surface area contributed by atoms with Crippen LogP contribution >= 0.6 is 0 Å². The average molecular weight is 240 g/mol. The Labute approximate surface area is 101 Å². The van der Waals surface area contributed by atoms with Crippen LogP contribution in [-0.4, -0.2) is 27.8 Å². The molecule has 17 heavy (non-hydrogen) atoms. The first-order chi connectivity index (χ1) is 7.83. The molecule has 3 N–H and O–H groups in total. The Balaban J connectivity index is 2.66. The summed E-state index contributed by atoms with van der Waals surface area (Å²) in [6.45, 7) is 5.70. The number of nitrogens with zero attached hydrogens (tertiary/aromatic N) is 2. The van der Waals surface area contributed by atoms with Crippen molar-refractivity contribution in [2.75, 3.05) is 6.54 Å². The molecule has 96 valence electrons. The second-order valence-corrected chi connectivity index (χ2v) is 4.83. The van der Waals surface area contributed by atoms with Crippen LogP contribution in [0.15, 0.2) is 12.4 Å². The lowest BCUT2D eigenvalue weighted by Gasteiger charge is -2.22. The number of nitrogens with two attached hydrogens (primary N) is 1. The lowest BCUT2D eigenvalue weighted by Crippen LogP contribution is -2.38. The van der Waals surface area contributed by atoms with Crippen molar-refractivity contribution >= 4 is 6.09 Å². The molecule has 1 aromatic rings. The summed E-state index contributed by atoms with van der Waals surface area (Å²) >= 11 is 0. The van der Waals surface area contributed by atoms with Gasteiger partial charge >= 0.3 is 6.09 Å². The van der Waals surface area contributed by atoms with E-state index in [4.69, 9.17) is 10.5 Å². The molecule has 0 aliphatic heterocycles. The molecule has 1 aromatic heterocycles. The molecule has 0 fully saturated rings. The van der Waals surface area contributed by atoms with E-state index in [1.54, 1.807) is 12.4 Å². The SMILES string of the molecule is Cn1ccnc1C(CN)NC(=O)OC(C)(C)C. The van der Waals surface area contributed by atoms with E-state index in [9.17, 15) is 4.79 Å². The topological polar surface area (TPSA) is 82.2 Å². The molecule has 1 rings (SSSR count). The van der Waals surface area contributed by atoms with Gasteiger partial charge in [-0.25, -0.2) is 9.78 Å². The Morgan fingerprint density at radius 3 is 2.71 bits per heavy atom. The van der Waals surface area contributed by atoms with Crippen LogP contribution in [0.3, 0.4) is 0 Å². The molecule has 6 nitrogen and oxygen atoms in total. The van der Waals surface area contributed by atoms with Gasteiger partial charge in [0.25, 0.3) is 0 Å². The van der Waals surface area contributed by atoms with Gasteiger partial charge in [0.15, 0.2) is 0 Å². The average Bonchev–Trinajstić information content (AvgIpc) is 2.58. The fourth-order valence-electron chi connectivity index (χ4n) is 1.39. The third kappa shape index (κ3) is 4.07. The van der Waals surface area contributed by atoms with E-state index in [1.807, 2.05) is 32.4 Å². The summed E-state index contributed by atoms with van der Waals surface area (Å²) in [6.07, 6.45) is 2.97. The molecule has 0 saturated heterocycles. The fourth-order valence-corrected chi connectivity index (χ4v) is 1.39. The standard InChI is InChI=1S/C11H20N4O2/c1-11(2,3)17-10(16)14-8(7-12)9-13-5-6-15(9)4/h5-6,8H,7,12H2,1-4H3,(H,14,16). The molecule has 1 atom stereocenters. The van der Waals surface area contributed by atoms with E-state index < -0.39 is 11.7 Å². The first-order valence-corrected chi connectivity index (χ1v) is 5.50. The van der Waals surface area contributed by atoms with Crippen LogP contribution in [0.5, 0.6) is 0 Å². The number of ether oxygens (including phenoxy) is 1. The van der Waals surface area contributed by atoms with Gasteiger partial charge in [0.2, 0.25) is 0 Å². The number of amides is 1. The Morgan fingerprint density at radius 1 is 1.65 bits per heavy atom. The number of alkyl carbamates (subject to hydrolysis) is 1. The van der Waals surface area contributed by atoms with Crippen molar-refractivity contribution in [3.05, 3.63) is 18.2 Å². The van der Waals surface area contributed by atoms with Gasteiger partial charge in [0.1, 0.15) is 17.5 Å². The Bertz CT molecular complexity index is 381. The third-order valence-corrected chi connectivity index (χ3v) is 2.10. The lowest BCUT2D eigenvalue weighted by atomic mass is 10.2. The monoisotopic (exact) mass is 240 g/mol. The summed E-state index contributed by atoms with van der Waals surface area (Å²) in [5.41, 5.74) is 5.10. The van der Waals surface area contributed by atoms with E-state index in [2.05, 4.69) is 10.3 Å². The van der Waals surface area contributed by atoms with Gasteiger partial charge in [0, 0.05) is 26.0 Å². The highest BCUT2D eigenvalue weighted by Crippen LogP contribution is 2.11. The first-order valence-electron chi connectivity index (χ1n) is 5.50. The van der Waals surface area contributed by atoms with E-state index in [1.165, 1.54) is 0 Å². The molecule has 0 spiro atoms. The summed E-state index contributed by atoms with van der Waals surface area (Å²) in [4.78, 5) is 15.8. The van der Waals surface area contributed by atoms with Crippen LogP contribution < -0.4 is 11.1 Å². The molecule has 0 aliphatic carbocycles. The second kappa shape index (κ2) is 5.18. The molecule has 0 saturated carbocycles. The highest BCUT2D eigenvalue weighted by molar-refractivity contribution is 5.68. The zero-order valence-electron chi connectivity index (χ0n) is 10.7. The van der Waals surface area contributed by atoms with Crippen LogP contribution in [-0.2, 0) is 11.8 Å². The van der Waals surface area contributed by atoms with Crippen LogP contribution in [0, 0.1) is 0 Å². The predicted octanol–water partition coefficient (Wildman–Crippen LogP) is 0.945. The van der Waals surface area contributed by atoms with Crippen molar-refractivity contribution in [2.45, 2.75) is 32.4 Å². The maximum Gasteiger partial charge on any atom is 0.408 e. The largest absolute Gasteiger partial charge is 0.444 e. The van der Waals surface area contributed by atoms with Crippen LogP contribution in [0.1, 0.15) is 32.6 Å². The number of rotatable bonds is 3. The van der Waals surface area contributed by atoms with Crippen molar-refractivity contribution in [2.24, 2.45) is 12.8 Å². The van der Waals surface area contributed by atoms with E-state index >= 15 is 0 Å². The number of carbonyl (C=O) groups is 1. The zero-order chi connectivity index (χ0) is 13.1. The molecule has 0 aliphatic rings. The number of imidazole rings is 1. The summed E-state index contributed by atoms with van der Waals surface area (Å²) in [7, 11) is 1.85. The first kappa shape index (κ1) is 13.5. The van der Waals surface area contributed by atoms with Gasteiger partial charge in [-0.05, 0) is 20.8 Å². The predicted molar refractivity (Wildman–Crippen MR) is 64.4 cm³/mol. The minimum absolute atomic E-state index is 0.268. The molecule has 0 bridgehead atoms. The third-order valence-electron chi connectivity index (χ3n) is 2.10. The zero-order valence-corrected chi connectivity index (χ0v) is 10.7. The van der Waals surface area contributed by atoms with Crippen molar-refractivity contribution < 1.29 is 9.53 Å². The number of hydrogen-bond donors (Lipinski definition) is 2. The van der Waals surface area contributed by atoms with Crippen molar-refractivity contribution in [1.29, 1.82) is 0 Å². The van der Waals surface area contributed by atoms with Gasteiger partial charge in [-0.3, -0.25) is 0 Å². The molecule has 6 heteroatoms. The summed E-state index contributed by atoms with van der Waals surface area (Å²) < 4.78 is 6.98. The van der Waals surface area contributed by atoms with Crippen LogP contribution in [0.4, 0.5) is 4.79 Å². The van der Waals surface area contributed by atoms with Crippen molar-refractivity contribution in [3.63, 3.8) is 0 Å². The van der Waals surface area contributed by atoms with Gasteiger partial charge in [0.05, 0.1) is 0 Å². The number of aryl methyl sites for hydroxylation is 1. The Morgan fingerprint density at radius 2 is 2.29 bits per heavy atom. The minimum atomic E-state index is -0.523. The smallest absolute Gasteiger partial charge is 0.408 e. The molecule has 0 radical (unpaired) electrons. The molecule has 1 heterocycles. The molecular formula is C11H20N4O2. The van der Waals surface area contributed by atoms with E-state index in [-0.39, 0.29) is 12.6 Å². The van der Waals surface area contributed by atoms with Gasteiger partial charge in [-0.15, -0.1) is 0 Å². The Hall–Kier alpha value is -1.56. The lowest BCUT2D eigenvalue weighted by molar-refractivity contribution is 0.0502. The molecule has 1 unspecified atom stereocenters. The Kier molecular flexibility index (Phi) is 4.11. The molecule has 1 amide bonds. The number of hydrogen-bond acceptors (Lipinski definition) is 4. The second-order valence-electron chi connectivity index (χ2n) is 4.83. The van der Waals surface area contributed by atoms with Gasteiger partial charge in [-0.1, -0.05) is 0 Å². The van der Waals surface area contributed by atoms with E-state index in [0.717, 1.165) is 0 Å². The summed E-state index contributed by atoms with van der Waals surface area (Å²) in [5, 5.41) is 2.70. The maximum atomic E-state index is 11.6.